The van der Waals surface area contributed by atoms with E-state index in [0.29, 0.717) is 16.5 Å². The molecule has 12 heteroatoms. The van der Waals surface area contributed by atoms with Gasteiger partial charge in [0.15, 0.2) is 10.8 Å². The highest BCUT2D eigenvalue weighted by atomic mass is 32.1. The van der Waals surface area contributed by atoms with Gasteiger partial charge in [0.25, 0.3) is 0 Å². The van der Waals surface area contributed by atoms with Gasteiger partial charge in [0, 0.05) is 18.0 Å². The number of nitrogen functional groups attached to an aromatic ring is 1. The first-order valence-corrected chi connectivity index (χ1v) is 10.00. The van der Waals surface area contributed by atoms with Crippen LogP contribution in [-0.4, -0.2) is 47.1 Å². The second kappa shape index (κ2) is 8.97. The maximum absolute atomic E-state index is 12.6. The van der Waals surface area contributed by atoms with Crippen LogP contribution in [0.1, 0.15) is 41.0 Å². The highest BCUT2D eigenvalue weighted by Crippen LogP contribution is 2.33. The lowest BCUT2D eigenvalue weighted by Gasteiger charge is -2.07. The van der Waals surface area contributed by atoms with Crippen molar-refractivity contribution in [3.05, 3.63) is 45.0 Å². The number of esters is 3. The number of methoxy groups -OCH3 is 2. The van der Waals surface area contributed by atoms with E-state index in [1.165, 1.54) is 14.2 Å². The van der Waals surface area contributed by atoms with E-state index in [2.05, 4.69) is 15.0 Å². The summed E-state index contributed by atoms with van der Waals surface area (Å²) in [5.74, 6) is -1.74. The van der Waals surface area contributed by atoms with Crippen LogP contribution in [0.15, 0.2) is 18.5 Å². The predicted molar refractivity (Wildman–Crippen MR) is 108 cm³/mol. The van der Waals surface area contributed by atoms with Gasteiger partial charge in [0.1, 0.15) is 26.9 Å². The van der Waals surface area contributed by atoms with Crippen molar-refractivity contribution in [2.24, 2.45) is 0 Å². The fourth-order valence-electron chi connectivity index (χ4n) is 2.50. The summed E-state index contributed by atoms with van der Waals surface area (Å²) in [7, 11) is 2.38. The van der Waals surface area contributed by atoms with E-state index in [9.17, 15) is 14.4 Å². The molecule has 30 heavy (non-hydrogen) atoms. The van der Waals surface area contributed by atoms with E-state index in [1.54, 1.807) is 25.4 Å². The molecule has 10 nitrogen and oxygen atoms in total. The summed E-state index contributed by atoms with van der Waals surface area (Å²) in [5.41, 5.74) is 6.40. The molecule has 0 aliphatic carbocycles. The molecule has 2 N–H and O–H groups in total. The third-order valence-corrected chi connectivity index (χ3v) is 6.06. The van der Waals surface area contributed by atoms with Crippen LogP contribution in [0.5, 0.6) is 0 Å². The first-order valence-electron chi connectivity index (χ1n) is 8.37. The number of carbonyl (C=O) groups is 3. The third-order valence-electron chi connectivity index (χ3n) is 3.88. The lowest BCUT2D eigenvalue weighted by Crippen LogP contribution is -2.12. The summed E-state index contributed by atoms with van der Waals surface area (Å²) < 4.78 is 14.8. The number of ether oxygens (including phenoxy) is 3. The van der Waals surface area contributed by atoms with Gasteiger partial charge in [-0.2, -0.15) is 0 Å². The molecule has 0 saturated carbocycles. The second-order valence-corrected chi connectivity index (χ2v) is 7.77. The number of nitrogens with two attached hydrogens (primary N) is 1. The molecule has 0 atom stereocenters. The lowest BCUT2D eigenvalue weighted by atomic mass is 10.1. The van der Waals surface area contributed by atoms with E-state index in [0.717, 1.165) is 22.7 Å². The second-order valence-electron chi connectivity index (χ2n) is 5.71. The fourth-order valence-corrected chi connectivity index (χ4v) is 4.39. The van der Waals surface area contributed by atoms with Crippen molar-refractivity contribution in [2.75, 3.05) is 20.0 Å². The number of aryl methyl sites for hydroxylation is 1. The molecular formula is C18H16N4O6S2. The molecule has 0 bridgehead atoms. The molecule has 3 heterocycles. The van der Waals surface area contributed by atoms with Gasteiger partial charge in [0.2, 0.25) is 0 Å². The molecule has 0 spiro atoms. The molecule has 0 unspecified atom stereocenters. The van der Waals surface area contributed by atoms with Crippen molar-refractivity contribution >= 4 is 45.6 Å². The van der Waals surface area contributed by atoms with Gasteiger partial charge in [-0.25, -0.2) is 29.3 Å². The SMILES string of the molecule is COC(=O)c1sc(N)c(C(=O)OC)c1COC(=O)c1sc(-c2ncccn2)nc1C. The first-order chi connectivity index (χ1) is 14.4. The van der Waals surface area contributed by atoms with E-state index in [4.69, 9.17) is 19.9 Å². The van der Waals surface area contributed by atoms with E-state index < -0.39 is 17.9 Å². The molecule has 156 valence electrons. The minimum Gasteiger partial charge on any atom is -0.465 e. The van der Waals surface area contributed by atoms with Gasteiger partial charge in [-0.15, -0.1) is 22.7 Å². The molecule has 3 rings (SSSR count). The molecule has 0 saturated heterocycles. The summed E-state index contributed by atoms with van der Waals surface area (Å²) >= 11 is 1.93. The van der Waals surface area contributed by atoms with Crippen molar-refractivity contribution in [1.29, 1.82) is 0 Å². The third kappa shape index (κ3) is 4.14. The van der Waals surface area contributed by atoms with Crippen LogP contribution in [0.25, 0.3) is 10.8 Å². The van der Waals surface area contributed by atoms with Crippen LogP contribution >= 0.6 is 22.7 Å². The molecule has 0 aromatic carbocycles. The monoisotopic (exact) mass is 448 g/mol. The fraction of sp³-hybridized carbons (Fsp3) is 0.222. The quantitative estimate of drug-likeness (QED) is 0.441. The van der Waals surface area contributed by atoms with Crippen LogP contribution in [-0.2, 0) is 20.8 Å². The Morgan fingerprint density at radius 1 is 1.00 bits per heavy atom. The summed E-state index contributed by atoms with van der Waals surface area (Å²) in [5, 5.41) is 0.524. The Hall–Kier alpha value is -3.38. The molecule has 0 amide bonds. The van der Waals surface area contributed by atoms with Crippen LogP contribution in [0, 0.1) is 6.92 Å². The first kappa shape index (κ1) is 21.3. The molecule has 3 aromatic rings. The average molecular weight is 448 g/mol. The van der Waals surface area contributed by atoms with Gasteiger partial charge in [-0.05, 0) is 13.0 Å². The van der Waals surface area contributed by atoms with E-state index in [1.807, 2.05) is 0 Å². The van der Waals surface area contributed by atoms with Crippen LogP contribution in [0.3, 0.4) is 0 Å². The Bertz CT molecular complexity index is 1110. The standard InChI is InChI=1S/C18H16N4O6S2/c1-8-11(30-15(22-8)14-20-5-4-6-21-14)18(25)28-7-9-10(16(23)26-2)13(19)29-12(9)17(24)27-3/h4-6H,7,19H2,1-3H3. The number of aromatic nitrogens is 3. The van der Waals surface area contributed by atoms with Crippen molar-refractivity contribution in [3.63, 3.8) is 0 Å². The zero-order valence-electron chi connectivity index (χ0n) is 16.1. The summed E-state index contributed by atoms with van der Waals surface area (Å²) in [6, 6.07) is 1.67. The van der Waals surface area contributed by atoms with Crippen LogP contribution < -0.4 is 5.73 Å². The summed E-state index contributed by atoms with van der Waals surface area (Å²) in [6.07, 6.45) is 3.14. The minimum absolute atomic E-state index is 0.0323. The molecule has 0 radical (unpaired) electrons. The van der Waals surface area contributed by atoms with Gasteiger partial charge < -0.3 is 19.9 Å². The molecule has 0 fully saturated rings. The Labute approximate surface area is 178 Å². The van der Waals surface area contributed by atoms with Gasteiger partial charge >= 0.3 is 17.9 Å². The Morgan fingerprint density at radius 2 is 1.67 bits per heavy atom. The average Bonchev–Trinajstić information content (AvgIpc) is 3.31. The number of carbonyl (C=O) groups excluding carboxylic acids is 3. The van der Waals surface area contributed by atoms with Crippen molar-refractivity contribution in [2.45, 2.75) is 13.5 Å². The minimum atomic E-state index is -0.748. The van der Waals surface area contributed by atoms with Crippen LogP contribution in [0.4, 0.5) is 5.00 Å². The number of anilines is 1. The zero-order valence-corrected chi connectivity index (χ0v) is 17.8. The normalized spacial score (nSPS) is 10.5. The molecular weight excluding hydrogens is 432 g/mol. The highest BCUT2D eigenvalue weighted by Gasteiger charge is 2.28. The number of rotatable bonds is 6. The zero-order chi connectivity index (χ0) is 21.8. The number of hydrogen-bond acceptors (Lipinski definition) is 12. The largest absolute Gasteiger partial charge is 0.465 e. The van der Waals surface area contributed by atoms with Crippen molar-refractivity contribution in [1.82, 2.24) is 15.0 Å². The van der Waals surface area contributed by atoms with Crippen LogP contribution in [0.2, 0.25) is 0 Å². The number of hydrogen-bond donors (Lipinski definition) is 1. The molecule has 0 aliphatic heterocycles. The smallest absolute Gasteiger partial charge is 0.350 e. The number of nitrogens with zero attached hydrogens (tertiary/aromatic N) is 3. The van der Waals surface area contributed by atoms with Gasteiger partial charge in [-0.1, -0.05) is 0 Å². The topological polar surface area (TPSA) is 144 Å². The van der Waals surface area contributed by atoms with Gasteiger partial charge in [0.05, 0.1) is 19.9 Å². The highest BCUT2D eigenvalue weighted by molar-refractivity contribution is 7.18. The predicted octanol–water partition coefficient (Wildman–Crippen LogP) is 2.48. The maximum Gasteiger partial charge on any atom is 0.350 e. The lowest BCUT2D eigenvalue weighted by molar-refractivity contribution is 0.0456. The Balaban J connectivity index is 1.87. The van der Waals surface area contributed by atoms with E-state index >= 15 is 0 Å². The summed E-state index contributed by atoms with van der Waals surface area (Å²) in [6.45, 7) is 1.28. The Morgan fingerprint density at radius 3 is 2.30 bits per heavy atom. The van der Waals surface area contributed by atoms with Crippen molar-refractivity contribution in [3.8, 4) is 10.8 Å². The Kier molecular flexibility index (Phi) is 6.37. The maximum atomic E-state index is 12.6. The summed E-state index contributed by atoms with van der Waals surface area (Å²) in [4.78, 5) is 49.6. The molecule has 3 aromatic heterocycles. The molecule has 0 aliphatic rings. The van der Waals surface area contributed by atoms with Crippen molar-refractivity contribution < 1.29 is 28.6 Å². The number of thiophene rings is 1. The van der Waals surface area contributed by atoms with E-state index in [-0.39, 0.29) is 32.5 Å². The number of thiazole rings is 1. The van der Waals surface area contributed by atoms with Gasteiger partial charge in [-0.3, -0.25) is 0 Å².